The Morgan fingerprint density at radius 1 is 1.08 bits per heavy atom. The molecule has 24 heavy (non-hydrogen) atoms. The van der Waals surface area contributed by atoms with E-state index in [9.17, 15) is 13.9 Å². The van der Waals surface area contributed by atoms with Crippen molar-refractivity contribution in [3.05, 3.63) is 29.3 Å². The summed E-state index contributed by atoms with van der Waals surface area (Å²) in [6, 6.07) is 5.08. The lowest BCUT2D eigenvalue weighted by Crippen LogP contribution is -2.45. The molecule has 1 atom stereocenters. The number of hydrogen-bond donors (Lipinski definition) is 1. The summed E-state index contributed by atoms with van der Waals surface area (Å²) in [4.78, 5) is 0. The zero-order valence-corrected chi connectivity index (χ0v) is 15.5. The number of aliphatic hydroxyl groups is 1. The van der Waals surface area contributed by atoms with Gasteiger partial charge in [0.1, 0.15) is 0 Å². The van der Waals surface area contributed by atoms with Crippen molar-refractivity contribution in [2.24, 2.45) is 0 Å². The van der Waals surface area contributed by atoms with Crippen LogP contribution in [0, 0.1) is 6.92 Å². The van der Waals surface area contributed by atoms with Gasteiger partial charge in [-0.05, 0) is 52.6 Å². The quantitative estimate of drug-likeness (QED) is 0.856. The third kappa shape index (κ3) is 3.00. The third-order valence-electron chi connectivity index (χ3n) is 5.71. The van der Waals surface area contributed by atoms with Gasteiger partial charge in [0.05, 0.1) is 23.2 Å². The van der Waals surface area contributed by atoms with Gasteiger partial charge in [-0.2, -0.15) is 0 Å². The highest BCUT2D eigenvalue weighted by Gasteiger charge is 2.53. The Morgan fingerprint density at radius 2 is 1.58 bits per heavy atom. The van der Waals surface area contributed by atoms with Crippen LogP contribution in [0.5, 0.6) is 0 Å². The maximum Gasteiger partial charge on any atom is 0.495 e. The molecule has 0 unspecified atom stereocenters. The summed E-state index contributed by atoms with van der Waals surface area (Å²) >= 11 is 0. The van der Waals surface area contributed by atoms with Crippen LogP contribution < -0.4 is 5.46 Å². The minimum atomic E-state index is -3.07. The average Bonchev–Trinajstić information content (AvgIpc) is 2.65. The third-order valence-corrected chi connectivity index (χ3v) is 5.71. The zero-order valence-electron chi connectivity index (χ0n) is 15.5. The lowest BCUT2D eigenvalue weighted by Gasteiger charge is -2.34. The van der Waals surface area contributed by atoms with E-state index in [-0.39, 0.29) is 0 Å². The van der Waals surface area contributed by atoms with Gasteiger partial charge in [-0.3, -0.25) is 0 Å². The Bertz CT molecular complexity index is 609. The summed E-state index contributed by atoms with van der Waals surface area (Å²) in [5.41, 5.74) is -0.691. The number of hydrogen-bond acceptors (Lipinski definition) is 3. The second kappa shape index (κ2) is 5.78. The van der Waals surface area contributed by atoms with E-state index >= 15 is 0 Å². The minimum absolute atomic E-state index is 0.368. The first-order valence-electron chi connectivity index (χ1n) is 8.20. The van der Waals surface area contributed by atoms with Gasteiger partial charge < -0.3 is 14.4 Å². The monoisotopic (exact) mass is 340 g/mol. The van der Waals surface area contributed by atoms with E-state index in [0.29, 0.717) is 5.56 Å². The molecule has 1 fully saturated rings. The second-order valence-corrected chi connectivity index (χ2v) is 8.04. The highest BCUT2D eigenvalue weighted by molar-refractivity contribution is 6.62. The molecule has 3 nitrogen and oxygen atoms in total. The van der Waals surface area contributed by atoms with Crippen molar-refractivity contribution in [3.63, 3.8) is 0 Å². The van der Waals surface area contributed by atoms with Gasteiger partial charge in [0.15, 0.2) is 0 Å². The first kappa shape index (κ1) is 19.4. The fraction of sp³-hybridized carbons (Fsp3) is 0.667. The summed E-state index contributed by atoms with van der Waals surface area (Å²) in [5, 5.41) is 9.62. The van der Waals surface area contributed by atoms with Crippen LogP contribution in [0.3, 0.4) is 0 Å². The highest BCUT2D eigenvalue weighted by atomic mass is 19.3. The van der Waals surface area contributed by atoms with Crippen molar-refractivity contribution in [3.8, 4) is 0 Å². The Balaban J connectivity index is 2.48. The summed E-state index contributed by atoms with van der Waals surface area (Å²) in [6.45, 7) is 11.2. The Kier molecular flexibility index (Phi) is 4.66. The minimum Gasteiger partial charge on any atom is -0.399 e. The molecule has 1 aliphatic rings. The first-order chi connectivity index (χ1) is 10.7. The maximum absolute atomic E-state index is 14.1. The van der Waals surface area contributed by atoms with Crippen LogP contribution in [0.4, 0.5) is 8.78 Å². The lowest BCUT2D eigenvalue weighted by molar-refractivity contribution is -0.0749. The molecule has 0 aliphatic carbocycles. The number of aryl methyl sites for hydroxylation is 1. The molecule has 0 amide bonds. The van der Waals surface area contributed by atoms with Gasteiger partial charge in [-0.25, -0.2) is 8.78 Å². The molecule has 2 rings (SSSR count). The molecule has 0 saturated carbocycles. The van der Waals surface area contributed by atoms with Gasteiger partial charge in [-0.15, -0.1) is 0 Å². The Hall–Kier alpha value is -0.975. The van der Waals surface area contributed by atoms with Crippen LogP contribution in [-0.2, 0) is 14.7 Å². The molecule has 0 aromatic heterocycles. The van der Waals surface area contributed by atoms with Crippen LogP contribution in [0.1, 0.15) is 52.7 Å². The van der Waals surface area contributed by atoms with E-state index in [4.69, 9.17) is 9.31 Å². The van der Waals surface area contributed by atoms with Gasteiger partial charge in [0.2, 0.25) is 0 Å². The Morgan fingerprint density at radius 3 is 2.00 bits per heavy atom. The van der Waals surface area contributed by atoms with Crippen molar-refractivity contribution in [2.45, 2.75) is 71.0 Å². The molecule has 1 saturated heterocycles. The first-order valence-corrected chi connectivity index (χ1v) is 8.20. The van der Waals surface area contributed by atoms with E-state index in [1.54, 1.807) is 18.2 Å². The summed E-state index contributed by atoms with van der Waals surface area (Å²) in [7, 11) is -0.622. The number of halogens is 2. The number of rotatable bonds is 4. The van der Waals surface area contributed by atoms with E-state index in [0.717, 1.165) is 17.9 Å². The van der Waals surface area contributed by atoms with Crippen LogP contribution in [0.15, 0.2) is 18.2 Å². The molecule has 134 valence electrons. The fourth-order valence-corrected chi connectivity index (χ4v) is 2.69. The lowest BCUT2D eigenvalue weighted by atomic mass is 9.71. The highest BCUT2D eigenvalue weighted by Crippen LogP contribution is 2.40. The molecule has 1 N–H and O–H groups in total. The molecular formula is C18H27BF2O3. The molecule has 1 aromatic carbocycles. The molecule has 1 aliphatic heterocycles. The predicted octanol–water partition coefficient (Wildman–Crippen LogP) is 3.20. The van der Waals surface area contributed by atoms with Crippen LogP contribution in [0.2, 0.25) is 0 Å². The molecule has 0 bridgehead atoms. The fourth-order valence-electron chi connectivity index (χ4n) is 2.69. The van der Waals surface area contributed by atoms with E-state index in [1.807, 2.05) is 34.6 Å². The van der Waals surface area contributed by atoms with Crippen molar-refractivity contribution >= 4 is 12.6 Å². The van der Waals surface area contributed by atoms with Crippen molar-refractivity contribution < 1.29 is 23.2 Å². The summed E-state index contributed by atoms with van der Waals surface area (Å²) in [6.07, 6.45) is 0. The van der Waals surface area contributed by atoms with E-state index < -0.39 is 36.3 Å². The maximum atomic E-state index is 14.1. The molecule has 0 spiro atoms. The van der Waals surface area contributed by atoms with Gasteiger partial charge in [0, 0.05) is 6.92 Å². The number of benzene rings is 1. The van der Waals surface area contributed by atoms with Gasteiger partial charge >= 0.3 is 7.12 Å². The number of aliphatic hydroxyl groups excluding tert-OH is 1. The number of alkyl halides is 2. The topological polar surface area (TPSA) is 38.7 Å². The predicted molar refractivity (Wildman–Crippen MR) is 92.0 cm³/mol. The average molecular weight is 340 g/mol. The standard InChI is InChI=1S/C18H27BF2O3/c1-12-8-9-13(17(6,11-22)18(7,20)21)10-14(12)19-23-15(2,3)16(4,5)24-19/h8-10,22H,11H2,1-7H3/t17-/m0/s1. The van der Waals surface area contributed by atoms with Crippen molar-refractivity contribution in [2.75, 3.05) is 6.61 Å². The van der Waals surface area contributed by atoms with Crippen LogP contribution >= 0.6 is 0 Å². The van der Waals surface area contributed by atoms with Crippen LogP contribution in [-0.4, -0.2) is 36.0 Å². The molecule has 0 radical (unpaired) electrons. The van der Waals surface area contributed by atoms with Crippen molar-refractivity contribution in [1.82, 2.24) is 0 Å². The summed E-state index contributed by atoms with van der Waals surface area (Å²) < 4.78 is 40.3. The SMILES string of the molecule is Cc1ccc([C@](C)(CO)C(C)(F)F)cc1B1OC(C)(C)C(C)(C)O1. The summed E-state index contributed by atoms with van der Waals surface area (Å²) in [5.74, 6) is -3.07. The molecule has 1 heterocycles. The molecular weight excluding hydrogens is 313 g/mol. The molecule has 6 heteroatoms. The van der Waals surface area contributed by atoms with Crippen LogP contribution in [0.25, 0.3) is 0 Å². The molecule has 1 aromatic rings. The normalized spacial score (nSPS) is 22.5. The van der Waals surface area contributed by atoms with Gasteiger partial charge in [-0.1, -0.05) is 23.8 Å². The van der Waals surface area contributed by atoms with Gasteiger partial charge in [0.25, 0.3) is 5.92 Å². The van der Waals surface area contributed by atoms with Crippen molar-refractivity contribution in [1.29, 1.82) is 0 Å². The van der Waals surface area contributed by atoms with E-state index in [2.05, 4.69) is 0 Å². The smallest absolute Gasteiger partial charge is 0.399 e. The zero-order chi connectivity index (χ0) is 18.6. The Labute approximate surface area is 143 Å². The van der Waals surface area contributed by atoms with E-state index in [1.165, 1.54) is 6.92 Å². The second-order valence-electron chi connectivity index (χ2n) is 8.04. The largest absolute Gasteiger partial charge is 0.495 e.